The smallest absolute Gasteiger partial charge is 0.335 e. The number of carbonyl (C=O) groups excluding carboxylic acids is 1. The van der Waals surface area contributed by atoms with Crippen molar-refractivity contribution >= 4 is 5.97 Å². The van der Waals surface area contributed by atoms with Crippen molar-refractivity contribution in [2.45, 2.75) is 57.3 Å². The minimum absolute atomic E-state index is 0.157. The Morgan fingerprint density at radius 2 is 2.15 bits per heavy atom. The van der Waals surface area contributed by atoms with E-state index in [1.54, 1.807) is 6.26 Å². The van der Waals surface area contributed by atoms with Crippen molar-refractivity contribution in [2.75, 3.05) is 0 Å². The van der Waals surface area contributed by atoms with Gasteiger partial charge in [0, 0.05) is 17.6 Å². The lowest BCUT2D eigenvalue weighted by Crippen LogP contribution is -2.24. The molecule has 0 N–H and O–H groups in total. The summed E-state index contributed by atoms with van der Waals surface area (Å²) in [6.07, 6.45) is 6.23. The van der Waals surface area contributed by atoms with Gasteiger partial charge in [-0.15, -0.1) is 0 Å². The Labute approximate surface area is 117 Å². The summed E-state index contributed by atoms with van der Waals surface area (Å²) in [5, 5.41) is 0. The lowest BCUT2D eigenvalue weighted by atomic mass is 9.86. The number of fused-ring (bicyclic) bond motifs is 4. The number of rotatable bonds is 0. The number of epoxide rings is 1. The SMILES string of the molecule is Cc1coc2c1C1(C)C=C(CCC3OC3(C)C2)C(=O)O1. The van der Waals surface area contributed by atoms with Crippen LogP contribution in [0.4, 0.5) is 0 Å². The van der Waals surface area contributed by atoms with Crippen LogP contribution in [0.15, 0.2) is 22.3 Å². The van der Waals surface area contributed by atoms with Crippen LogP contribution in [-0.4, -0.2) is 17.7 Å². The first-order valence-corrected chi connectivity index (χ1v) is 7.12. The van der Waals surface area contributed by atoms with Gasteiger partial charge in [0.2, 0.25) is 0 Å². The molecule has 3 atom stereocenters. The molecule has 106 valence electrons. The Hall–Kier alpha value is -1.55. The second kappa shape index (κ2) is 3.55. The summed E-state index contributed by atoms with van der Waals surface area (Å²) in [6, 6.07) is 0. The molecule has 0 saturated carbocycles. The fourth-order valence-corrected chi connectivity index (χ4v) is 3.69. The molecule has 1 aromatic rings. The van der Waals surface area contributed by atoms with Gasteiger partial charge < -0.3 is 13.9 Å². The zero-order valence-electron chi connectivity index (χ0n) is 12.0. The second-order valence-corrected chi connectivity index (χ2v) is 6.52. The summed E-state index contributed by atoms with van der Waals surface area (Å²) in [5.41, 5.74) is 1.92. The number of esters is 1. The van der Waals surface area contributed by atoms with E-state index in [0.29, 0.717) is 0 Å². The lowest BCUT2D eigenvalue weighted by Gasteiger charge is -2.23. The van der Waals surface area contributed by atoms with Crippen molar-refractivity contribution in [3.05, 3.63) is 34.8 Å². The zero-order chi connectivity index (χ0) is 14.1. The average Bonchev–Trinajstić information content (AvgIpc) is 2.68. The number of aryl methyl sites for hydroxylation is 1. The van der Waals surface area contributed by atoms with Crippen LogP contribution in [0, 0.1) is 6.92 Å². The van der Waals surface area contributed by atoms with E-state index in [-0.39, 0.29) is 17.7 Å². The molecule has 1 fully saturated rings. The molecule has 3 heterocycles. The van der Waals surface area contributed by atoms with E-state index in [2.05, 4.69) is 6.92 Å². The van der Waals surface area contributed by atoms with E-state index in [1.807, 2.05) is 19.9 Å². The first kappa shape index (κ1) is 12.2. The van der Waals surface area contributed by atoms with Gasteiger partial charge in [0.1, 0.15) is 5.76 Å². The predicted octanol–water partition coefficient (Wildman–Crippen LogP) is 2.78. The Morgan fingerprint density at radius 3 is 2.95 bits per heavy atom. The minimum atomic E-state index is -0.698. The van der Waals surface area contributed by atoms with Gasteiger partial charge in [0.05, 0.1) is 18.0 Å². The third kappa shape index (κ3) is 1.54. The Balaban J connectivity index is 1.88. The van der Waals surface area contributed by atoms with Crippen LogP contribution in [0.1, 0.15) is 43.6 Å². The Morgan fingerprint density at radius 1 is 1.35 bits per heavy atom. The molecular weight excluding hydrogens is 256 g/mol. The van der Waals surface area contributed by atoms with E-state index in [1.165, 1.54) is 0 Å². The maximum atomic E-state index is 12.1. The quantitative estimate of drug-likeness (QED) is 0.539. The van der Waals surface area contributed by atoms with Crippen molar-refractivity contribution in [2.24, 2.45) is 0 Å². The molecule has 4 nitrogen and oxygen atoms in total. The molecule has 2 aliphatic heterocycles. The number of hydrogen-bond acceptors (Lipinski definition) is 4. The average molecular weight is 274 g/mol. The van der Waals surface area contributed by atoms with Crippen LogP contribution in [0.25, 0.3) is 0 Å². The van der Waals surface area contributed by atoms with Crippen molar-refractivity contribution in [3.63, 3.8) is 0 Å². The maximum absolute atomic E-state index is 12.1. The third-order valence-electron chi connectivity index (χ3n) is 4.79. The molecule has 4 rings (SSSR count). The van der Waals surface area contributed by atoms with Gasteiger partial charge in [-0.3, -0.25) is 0 Å². The predicted molar refractivity (Wildman–Crippen MR) is 71.2 cm³/mol. The molecule has 0 spiro atoms. The molecule has 1 saturated heterocycles. The van der Waals surface area contributed by atoms with E-state index in [0.717, 1.165) is 41.7 Å². The zero-order valence-corrected chi connectivity index (χ0v) is 12.0. The molecule has 0 aromatic carbocycles. The highest BCUT2D eigenvalue weighted by Gasteiger charge is 2.54. The van der Waals surface area contributed by atoms with Gasteiger partial charge in [-0.25, -0.2) is 4.79 Å². The Bertz CT molecular complexity index is 641. The fourth-order valence-electron chi connectivity index (χ4n) is 3.69. The van der Waals surface area contributed by atoms with Gasteiger partial charge >= 0.3 is 5.97 Å². The maximum Gasteiger partial charge on any atom is 0.335 e. The van der Waals surface area contributed by atoms with Crippen LogP contribution < -0.4 is 0 Å². The molecule has 1 aromatic heterocycles. The number of furan rings is 1. The van der Waals surface area contributed by atoms with Crippen molar-refractivity contribution < 1.29 is 18.7 Å². The highest BCUT2D eigenvalue weighted by molar-refractivity contribution is 5.91. The summed E-state index contributed by atoms with van der Waals surface area (Å²) in [6.45, 7) is 6.04. The van der Waals surface area contributed by atoms with E-state index in [9.17, 15) is 4.79 Å². The first-order chi connectivity index (χ1) is 9.41. The van der Waals surface area contributed by atoms with Gasteiger partial charge in [-0.05, 0) is 45.3 Å². The fraction of sp³-hybridized carbons (Fsp3) is 0.562. The van der Waals surface area contributed by atoms with Crippen LogP contribution in [0.3, 0.4) is 0 Å². The first-order valence-electron chi connectivity index (χ1n) is 7.12. The van der Waals surface area contributed by atoms with Gasteiger partial charge in [0.15, 0.2) is 5.60 Å². The minimum Gasteiger partial charge on any atom is -0.468 e. The summed E-state index contributed by atoms with van der Waals surface area (Å²) in [7, 11) is 0. The molecule has 0 radical (unpaired) electrons. The summed E-state index contributed by atoms with van der Waals surface area (Å²) >= 11 is 0. The molecule has 2 bridgehead atoms. The second-order valence-electron chi connectivity index (χ2n) is 6.52. The lowest BCUT2D eigenvalue weighted by molar-refractivity contribution is -0.146. The molecule has 20 heavy (non-hydrogen) atoms. The normalized spacial score (nSPS) is 38.6. The summed E-state index contributed by atoms with van der Waals surface area (Å²) in [4.78, 5) is 12.1. The molecule has 0 amide bonds. The summed E-state index contributed by atoms with van der Waals surface area (Å²) in [5.74, 6) is 0.672. The van der Waals surface area contributed by atoms with Crippen LogP contribution >= 0.6 is 0 Å². The van der Waals surface area contributed by atoms with E-state index >= 15 is 0 Å². The number of hydrogen-bond donors (Lipinski definition) is 0. The van der Waals surface area contributed by atoms with Crippen molar-refractivity contribution in [1.29, 1.82) is 0 Å². The third-order valence-corrected chi connectivity index (χ3v) is 4.79. The molecular formula is C16H18O4. The monoisotopic (exact) mass is 274 g/mol. The molecule has 3 aliphatic rings. The van der Waals surface area contributed by atoms with Crippen LogP contribution in [0.2, 0.25) is 0 Å². The highest BCUT2D eigenvalue weighted by atomic mass is 16.6. The van der Waals surface area contributed by atoms with Crippen molar-refractivity contribution in [3.8, 4) is 0 Å². The van der Waals surface area contributed by atoms with Crippen molar-refractivity contribution in [1.82, 2.24) is 0 Å². The van der Waals surface area contributed by atoms with Gasteiger partial charge in [-0.2, -0.15) is 0 Å². The summed E-state index contributed by atoms with van der Waals surface area (Å²) < 4.78 is 17.2. The van der Waals surface area contributed by atoms with E-state index < -0.39 is 5.60 Å². The molecule has 3 unspecified atom stereocenters. The number of carbonyl (C=O) groups is 1. The van der Waals surface area contributed by atoms with Gasteiger partial charge in [0.25, 0.3) is 0 Å². The molecule has 4 heteroatoms. The number of ether oxygens (including phenoxy) is 2. The van der Waals surface area contributed by atoms with Crippen LogP contribution in [0.5, 0.6) is 0 Å². The standard InChI is InChI=1S/C16H18O4/c1-9-8-18-11-7-15(2)12(19-15)5-4-10-6-16(3,13(9)11)20-14(10)17/h6,8,12H,4-5,7H2,1-3H3. The van der Waals surface area contributed by atoms with Gasteiger partial charge in [-0.1, -0.05) is 0 Å². The largest absolute Gasteiger partial charge is 0.468 e. The highest BCUT2D eigenvalue weighted by Crippen LogP contribution is 2.48. The van der Waals surface area contributed by atoms with E-state index in [4.69, 9.17) is 13.9 Å². The Kier molecular flexibility index (Phi) is 2.17. The molecule has 1 aliphatic carbocycles. The van der Waals surface area contributed by atoms with Crippen LogP contribution in [-0.2, 0) is 26.3 Å². The topological polar surface area (TPSA) is 52.0 Å².